The number of unbranched alkanes of at least 4 members (excludes halogenated alkanes) is 5. The van der Waals surface area contributed by atoms with Crippen molar-refractivity contribution in [3.63, 3.8) is 0 Å². The van der Waals surface area contributed by atoms with Gasteiger partial charge in [-0.25, -0.2) is 0 Å². The predicted molar refractivity (Wildman–Crippen MR) is 85.1 cm³/mol. The number of halogens is 3. The van der Waals surface area contributed by atoms with Crippen molar-refractivity contribution in [1.82, 2.24) is 0 Å². The van der Waals surface area contributed by atoms with Crippen LogP contribution in [0.15, 0.2) is 0 Å². The summed E-state index contributed by atoms with van der Waals surface area (Å²) in [7, 11) is 21.1. The van der Waals surface area contributed by atoms with E-state index in [9.17, 15) is 0 Å². The van der Waals surface area contributed by atoms with Crippen molar-refractivity contribution < 1.29 is 6.99 Å². The summed E-state index contributed by atoms with van der Waals surface area (Å²) < 4.78 is 0.663. The summed E-state index contributed by atoms with van der Waals surface area (Å²) >= 11 is 0. The van der Waals surface area contributed by atoms with Gasteiger partial charge in [0.1, 0.15) is 0 Å². The van der Waals surface area contributed by atoms with Crippen molar-refractivity contribution >= 4 is 27.9 Å². The van der Waals surface area contributed by atoms with Gasteiger partial charge in [-0.2, -0.15) is 0 Å². The standard InChI is InChI=1S/C8H17.5CH3.3ClH.Ti/c1-3-5-7-8-6-4-2;;;;;;;;;/h1,3-8H2,2H3;5*1H3;3*1H;/q;;;;;;;;;+3/p-3. The van der Waals surface area contributed by atoms with E-state index in [1.54, 1.807) is 0 Å². The first-order valence-corrected chi connectivity index (χ1v) is 22.5. The minimum atomic E-state index is -5.61. The molecule has 17 heavy (non-hydrogen) atoms. The molecule has 0 saturated carbocycles. The molecular formula is C13H32Cl3Ti. The second kappa shape index (κ2) is 2.43. The molecule has 0 saturated heterocycles. The van der Waals surface area contributed by atoms with Gasteiger partial charge < -0.3 is 0 Å². The average Bonchev–Trinajstić information content (AvgIpc) is 1.89. The van der Waals surface area contributed by atoms with Gasteiger partial charge in [0.15, 0.2) is 0 Å². The van der Waals surface area contributed by atoms with Crippen molar-refractivity contribution in [3.8, 4) is 0 Å². The normalized spacial score (nSPS) is 25.6. The van der Waals surface area contributed by atoms with Crippen LogP contribution in [0.2, 0.25) is 30.9 Å². The second-order valence-electron chi connectivity index (χ2n) is 12.7. The quantitative estimate of drug-likeness (QED) is 0.322. The van der Waals surface area contributed by atoms with Gasteiger partial charge in [0.25, 0.3) is 0 Å². The fourth-order valence-electron chi connectivity index (χ4n) is 1.99. The van der Waals surface area contributed by atoms with Crippen LogP contribution in [0.3, 0.4) is 0 Å². The molecule has 0 aliphatic heterocycles. The molecule has 0 heterocycles. The van der Waals surface area contributed by atoms with Gasteiger partial charge in [-0.3, -0.25) is 0 Å². The maximum atomic E-state index is 7.03. The number of hydrogen-bond donors (Lipinski definition) is 0. The summed E-state index contributed by atoms with van der Waals surface area (Å²) in [6, 6.07) is 0. The fraction of sp³-hybridized carbons (Fsp3) is 1.00. The molecule has 0 spiro atoms. The van der Waals surface area contributed by atoms with Crippen LogP contribution in [0.5, 0.6) is 0 Å². The van der Waals surface area contributed by atoms with Gasteiger partial charge in [-0.05, 0) is 0 Å². The van der Waals surface area contributed by atoms with Crippen LogP contribution in [-0.4, -0.2) is 0 Å². The van der Waals surface area contributed by atoms with Gasteiger partial charge in [-0.15, -0.1) is 0 Å². The Bertz CT molecular complexity index is 325. The van der Waals surface area contributed by atoms with E-state index in [1.807, 2.05) is 26.1 Å². The van der Waals surface area contributed by atoms with Gasteiger partial charge >= 0.3 is 111 Å². The molecule has 0 aliphatic carbocycles. The van der Waals surface area contributed by atoms with Gasteiger partial charge in [0.05, 0.1) is 0 Å². The summed E-state index contributed by atoms with van der Waals surface area (Å²) in [5, 5.41) is 9.43. The van der Waals surface area contributed by atoms with E-state index in [2.05, 4.69) is 6.92 Å². The fourth-order valence-corrected chi connectivity index (χ4v) is 7.42. The summed E-state index contributed by atoms with van der Waals surface area (Å²) in [5.74, 6) is 0. The molecule has 0 unspecified atom stereocenters. The molecule has 0 aliphatic rings. The van der Waals surface area contributed by atoms with Crippen LogP contribution in [0.1, 0.15) is 45.4 Å². The SMILES string of the molecule is CCCCCCC[CH2][Ti]([CH3])([CH3])([CH3])([CH3])([CH3])([Cl])([Cl])[Cl]. The van der Waals surface area contributed by atoms with Crippen LogP contribution in [0.4, 0.5) is 0 Å². The number of rotatable bonds is 7. The molecule has 0 N–H and O–H groups in total. The van der Waals surface area contributed by atoms with Gasteiger partial charge in [-0.1, -0.05) is 0 Å². The molecule has 0 radical (unpaired) electrons. The number of hydrogen-bond acceptors (Lipinski definition) is 0. The molecule has 109 valence electrons. The van der Waals surface area contributed by atoms with Gasteiger partial charge in [0.2, 0.25) is 0 Å². The van der Waals surface area contributed by atoms with Crippen molar-refractivity contribution in [2.45, 2.75) is 76.3 Å². The molecular weight excluding hydrogens is 310 g/mol. The Morgan fingerprint density at radius 1 is 0.647 bits per heavy atom. The minimum absolute atomic E-state index is 0.663. The molecule has 0 amide bonds. The molecule has 0 bridgehead atoms. The van der Waals surface area contributed by atoms with E-state index in [0.717, 1.165) is 12.8 Å². The molecule has 0 aromatic carbocycles. The predicted octanol–water partition coefficient (Wildman–Crippen LogP) is 8.30. The zero-order chi connectivity index (χ0) is 14.3. The van der Waals surface area contributed by atoms with Crippen LogP contribution >= 0.6 is 27.9 Å². The first kappa shape index (κ1) is 18.6. The van der Waals surface area contributed by atoms with Crippen LogP contribution in [0, 0.1) is 0 Å². The van der Waals surface area contributed by atoms with E-state index in [1.165, 1.54) is 25.7 Å². The maximum absolute atomic E-state index is 7.03. The monoisotopic (exact) mass is 341 g/mol. The Balaban J connectivity index is 4.63. The topological polar surface area (TPSA) is 0 Å². The Morgan fingerprint density at radius 2 is 1.00 bits per heavy atom. The summed E-state index contributed by atoms with van der Waals surface area (Å²) in [6.45, 7) is -3.39. The van der Waals surface area contributed by atoms with Crippen LogP contribution < -0.4 is 0 Å². The first-order chi connectivity index (χ1) is 6.61. The second-order valence-corrected chi connectivity index (χ2v) is 79.2. The molecule has 0 aromatic rings. The van der Waals surface area contributed by atoms with Crippen LogP contribution in [0.25, 0.3) is 0 Å². The molecule has 0 atom stereocenters. The van der Waals surface area contributed by atoms with Crippen molar-refractivity contribution in [2.75, 3.05) is 0 Å². The summed E-state index contributed by atoms with van der Waals surface area (Å²) in [4.78, 5) is 0. The molecule has 0 fully saturated rings. The van der Waals surface area contributed by atoms with E-state index in [-0.39, 0.29) is 0 Å². The summed E-state index contributed by atoms with van der Waals surface area (Å²) in [5.41, 5.74) is 0. The van der Waals surface area contributed by atoms with E-state index in [4.69, 9.17) is 27.9 Å². The molecule has 0 nitrogen and oxygen atoms in total. The van der Waals surface area contributed by atoms with Crippen molar-refractivity contribution in [1.29, 1.82) is 0 Å². The van der Waals surface area contributed by atoms with Crippen LogP contribution in [-0.2, 0) is 6.99 Å². The first-order valence-electron chi connectivity index (χ1n) is 7.13. The zero-order valence-corrected chi connectivity index (χ0v) is 16.4. The van der Waals surface area contributed by atoms with E-state index < -0.39 is 6.99 Å². The molecule has 0 aromatic heterocycles. The average molecular weight is 343 g/mol. The Kier molecular flexibility index (Phi) is 2.66. The van der Waals surface area contributed by atoms with Crippen molar-refractivity contribution in [2.24, 2.45) is 0 Å². The Morgan fingerprint density at radius 3 is 1.35 bits per heavy atom. The zero-order valence-electron chi connectivity index (χ0n) is 12.6. The Labute approximate surface area is 110 Å². The van der Waals surface area contributed by atoms with E-state index >= 15 is 0 Å². The van der Waals surface area contributed by atoms with Crippen molar-refractivity contribution in [3.05, 3.63) is 0 Å². The molecule has 4 heteroatoms. The third-order valence-electron chi connectivity index (χ3n) is 3.06. The summed E-state index contributed by atoms with van der Waals surface area (Å²) in [6.07, 6.45) is 7.25. The van der Waals surface area contributed by atoms with E-state index in [0.29, 0.717) is 4.73 Å². The third-order valence-corrected chi connectivity index (χ3v) is 10.7. The van der Waals surface area contributed by atoms with Gasteiger partial charge in [0, 0.05) is 0 Å². The third kappa shape index (κ3) is 17.6. The molecule has 0 rings (SSSR count). The Hall–Kier alpha value is 1.58.